The summed E-state index contributed by atoms with van der Waals surface area (Å²) in [6.07, 6.45) is 8.29. The van der Waals surface area contributed by atoms with Gasteiger partial charge in [0.05, 0.1) is 18.6 Å². The number of hydrogen-bond acceptors (Lipinski definition) is 9. The molecule has 11 nitrogen and oxygen atoms in total. The number of hydrogen-bond donors (Lipinski definition) is 2. The van der Waals surface area contributed by atoms with Gasteiger partial charge in [-0.25, -0.2) is 17.7 Å². The Balaban J connectivity index is 1.05. The maximum Gasteiger partial charge on any atom is 0.251 e. The van der Waals surface area contributed by atoms with E-state index in [9.17, 15) is 18.3 Å². The van der Waals surface area contributed by atoms with Crippen LogP contribution in [-0.4, -0.2) is 83.7 Å². The zero-order chi connectivity index (χ0) is 28.8. The number of oxazole rings is 1. The molecule has 12 heteroatoms. The molecule has 1 amide bonds. The molecule has 1 fully saturated rings. The van der Waals surface area contributed by atoms with Crippen molar-refractivity contribution in [3.05, 3.63) is 77.3 Å². The summed E-state index contributed by atoms with van der Waals surface area (Å²) in [5.41, 5.74) is 3.75. The number of aliphatic hydroxyl groups is 1. The molecule has 41 heavy (non-hydrogen) atoms. The first-order valence-electron chi connectivity index (χ1n) is 13.9. The highest BCUT2D eigenvalue weighted by Gasteiger charge is 2.25. The fraction of sp³-hybridized carbons (Fsp3) is 0.483. The number of aromatic nitrogens is 2. The van der Waals surface area contributed by atoms with Crippen molar-refractivity contribution in [3.8, 4) is 5.75 Å². The molecular formula is C29H37N5O6S. The predicted octanol–water partition coefficient (Wildman–Crippen LogP) is 2.01. The van der Waals surface area contributed by atoms with Gasteiger partial charge >= 0.3 is 0 Å². The Kier molecular flexibility index (Phi) is 9.33. The van der Waals surface area contributed by atoms with Gasteiger partial charge < -0.3 is 19.6 Å². The lowest BCUT2D eigenvalue weighted by Gasteiger charge is -2.30. The second kappa shape index (κ2) is 13.1. The highest BCUT2D eigenvalue weighted by Crippen LogP contribution is 2.25. The molecule has 0 unspecified atom stereocenters. The SMILES string of the molecule is CS(=O)(=O)N1CCC(Cc2cc(C(=O)NC[C@H](O)CN3CCc4cc(OCc5cnco5)ccc4C3)ccn2)CC1. The van der Waals surface area contributed by atoms with Gasteiger partial charge in [0.2, 0.25) is 10.0 Å². The molecule has 4 heterocycles. The molecule has 0 saturated carbocycles. The number of amides is 1. The molecular weight excluding hydrogens is 546 g/mol. The molecule has 0 aliphatic carbocycles. The van der Waals surface area contributed by atoms with Crippen molar-refractivity contribution < 1.29 is 27.5 Å². The van der Waals surface area contributed by atoms with Crippen LogP contribution < -0.4 is 10.1 Å². The van der Waals surface area contributed by atoms with Crippen molar-refractivity contribution in [2.45, 2.75) is 44.9 Å². The average molecular weight is 584 g/mol. The van der Waals surface area contributed by atoms with E-state index in [1.165, 1.54) is 28.1 Å². The number of piperidine rings is 1. The zero-order valence-electron chi connectivity index (χ0n) is 23.2. The van der Waals surface area contributed by atoms with Crippen molar-refractivity contribution in [1.29, 1.82) is 0 Å². The first-order valence-corrected chi connectivity index (χ1v) is 15.8. The van der Waals surface area contributed by atoms with Gasteiger partial charge in [0.25, 0.3) is 5.91 Å². The minimum atomic E-state index is -3.15. The van der Waals surface area contributed by atoms with Gasteiger partial charge in [-0.15, -0.1) is 0 Å². The minimum absolute atomic E-state index is 0.151. The topological polar surface area (TPSA) is 138 Å². The van der Waals surface area contributed by atoms with Crippen molar-refractivity contribution in [1.82, 2.24) is 24.5 Å². The van der Waals surface area contributed by atoms with Gasteiger partial charge in [0.1, 0.15) is 12.4 Å². The normalized spacial score (nSPS) is 17.6. The summed E-state index contributed by atoms with van der Waals surface area (Å²) < 4.78 is 36.0. The van der Waals surface area contributed by atoms with Crippen LogP contribution in [0.3, 0.4) is 0 Å². The summed E-state index contributed by atoms with van der Waals surface area (Å²) >= 11 is 0. The number of β-amino-alcohol motifs (C(OH)–C–C–N with tert-alkyl or cyclic N) is 1. The number of rotatable bonds is 11. The van der Waals surface area contributed by atoms with E-state index in [2.05, 4.69) is 32.3 Å². The van der Waals surface area contributed by atoms with E-state index in [1.54, 1.807) is 24.5 Å². The zero-order valence-corrected chi connectivity index (χ0v) is 24.1. The Morgan fingerprint density at radius 2 is 2.02 bits per heavy atom. The Morgan fingerprint density at radius 3 is 2.78 bits per heavy atom. The first kappa shape index (κ1) is 29.2. The summed E-state index contributed by atoms with van der Waals surface area (Å²) in [6.45, 7) is 3.50. The lowest BCUT2D eigenvalue weighted by molar-refractivity contribution is 0.0841. The quantitative estimate of drug-likeness (QED) is 0.347. The predicted molar refractivity (Wildman–Crippen MR) is 152 cm³/mol. The number of benzene rings is 1. The molecule has 2 aliphatic heterocycles. The van der Waals surface area contributed by atoms with Crippen LogP contribution in [-0.2, 0) is 36.0 Å². The third-order valence-electron chi connectivity index (χ3n) is 7.72. The van der Waals surface area contributed by atoms with E-state index >= 15 is 0 Å². The van der Waals surface area contributed by atoms with Gasteiger partial charge in [-0.2, -0.15) is 0 Å². The van der Waals surface area contributed by atoms with Gasteiger partial charge in [-0.05, 0) is 67.0 Å². The second-order valence-electron chi connectivity index (χ2n) is 10.9. The molecule has 2 N–H and O–H groups in total. The molecule has 1 saturated heterocycles. The van der Waals surface area contributed by atoms with E-state index in [1.807, 2.05) is 6.07 Å². The number of nitrogens with zero attached hydrogens (tertiary/aromatic N) is 4. The standard InChI is InChI=1S/C29H37N5O6S/c1-41(37,38)34-10-5-21(6-11-34)12-25-13-23(4-8-31-25)29(36)32-15-26(35)18-33-9-7-22-14-27(3-2-24(22)17-33)39-19-28-16-30-20-40-28/h2-4,8,13-14,16,20-21,26,35H,5-7,9-12,15,17-19H2,1H3,(H,32,36)/t26-/m0/s1. The van der Waals surface area contributed by atoms with Crippen LogP contribution in [0.1, 0.15) is 45.8 Å². The summed E-state index contributed by atoms with van der Waals surface area (Å²) in [5.74, 6) is 1.53. The number of pyridine rings is 1. The average Bonchev–Trinajstić information content (AvgIpc) is 3.49. The maximum atomic E-state index is 12.8. The molecule has 2 aliphatic rings. The van der Waals surface area contributed by atoms with Crippen LogP contribution in [0.4, 0.5) is 0 Å². The summed E-state index contributed by atoms with van der Waals surface area (Å²) in [4.78, 5) is 23.3. The number of carbonyl (C=O) groups excluding carboxylic acids is 1. The van der Waals surface area contributed by atoms with Gasteiger partial charge in [0.15, 0.2) is 12.2 Å². The number of ether oxygens (including phenoxy) is 1. The molecule has 1 aromatic carbocycles. The maximum absolute atomic E-state index is 12.8. The van der Waals surface area contributed by atoms with Crippen LogP contribution in [0.15, 0.2) is 53.5 Å². The monoisotopic (exact) mass is 583 g/mol. The largest absolute Gasteiger partial charge is 0.486 e. The van der Waals surface area contributed by atoms with Crippen molar-refractivity contribution in [3.63, 3.8) is 0 Å². The van der Waals surface area contributed by atoms with Gasteiger partial charge in [-0.3, -0.25) is 14.7 Å². The van der Waals surface area contributed by atoms with Crippen LogP contribution in [0, 0.1) is 5.92 Å². The van der Waals surface area contributed by atoms with Crippen molar-refractivity contribution in [2.75, 3.05) is 39.0 Å². The Labute approximate surface area is 240 Å². The molecule has 3 aromatic rings. The number of sulfonamides is 1. The first-order chi connectivity index (χ1) is 19.7. The van der Waals surface area contributed by atoms with Crippen molar-refractivity contribution >= 4 is 15.9 Å². The molecule has 0 bridgehead atoms. The third kappa shape index (κ3) is 8.13. The molecule has 0 spiro atoms. The van der Waals surface area contributed by atoms with E-state index in [0.717, 1.165) is 43.8 Å². The van der Waals surface area contributed by atoms with Gasteiger partial charge in [-0.1, -0.05) is 6.07 Å². The molecule has 5 rings (SSSR count). The fourth-order valence-electron chi connectivity index (χ4n) is 5.45. The summed E-state index contributed by atoms with van der Waals surface area (Å²) in [5, 5.41) is 13.5. The minimum Gasteiger partial charge on any atom is -0.486 e. The third-order valence-corrected chi connectivity index (χ3v) is 9.02. The number of carbonyl (C=O) groups is 1. The molecule has 220 valence electrons. The Bertz CT molecular complexity index is 1420. The van der Waals surface area contributed by atoms with E-state index in [0.29, 0.717) is 49.9 Å². The highest BCUT2D eigenvalue weighted by atomic mass is 32.2. The smallest absolute Gasteiger partial charge is 0.251 e. The lowest BCUT2D eigenvalue weighted by Crippen LogP contribution is -2.42. The Morgan fingerprint density at radius 1 is 1.20 bits per heavy atom. The van der Waals surface area contributed by atoms with Crippen LogP contribution in [0.5, 0.6) is 5.75 Å². The number of nitrogens with one attached hydrogen (secondary N) is 1. The molecule has 2 aromatic heterocycles. The van der Waals surface area contributed by atoms with Gasteiger partial charge in [0, 0.05) is 56.7 Å². The number of fused-ring (bicyclic) bond motifs is 1. The Hall–Kier alpha value is -3.32. The molecule has 0 radical (unpaired) electrons. The highest BCUT2D eigenvalue weighted by molar-refractivity contribution is 7.88. The second-order valence-corrected chi connectivity index (χ2v) is 12.9. The summed E-state index contributed by atoms with van der Waals surface area (Å²) in [7, 11) is -3.15. The van der Waals surface area contributed by atoms with E-state index in [-0.39, 0.29) is 12.5 Å². The van der Waals surface area contributed by atoms with Crippen LogP contribution in [0.2, 0.25) is 0 Å². The lowest BCUT2D eigenvalue weighted by atomic mass is 9.92. The van der Waals surface area contributed by atoms with Crippen LogP contribution >= 0.6 is 0 Å². The number of aliphatic hydroxyl groups excluding tert-OH is 1. The fourth-order valence-corrected chi connectivity index (χ4v) is 6.32. The molecule has 1 atom stereocenters. The van der Waals surface area contributed by atoms with E-state index in [4.69, 9.17) is 9.15 Å². The van der Waals surface area contributed by atoms with Crippen LogP contribution in [0.25, 0.3) is 0 Å². The van der Waals surface area contributed by atoms with Crippen molar-refractivity contribution in [2.24, 2.45) is 5.92 Å². The summed E-state index contributed by atoms with van der Waals surface area (Å²) in [6, 6.07) is 9.51. The van der Waals surface area contributed by atoms with E-state index < -0.39 is 16.1 Å².